The van der Waals surface area contributed by atoms with E-state index in [-0.39, 0.29) is 29.8 Å². The summed E-state index contributed by atoms with van der Waals surface area (Å²) in [4.78, 5) is 11.7. The van der Waals surface area contributed by atoms with Crippen LogP contribution in [0.15, 0.2) is 48.5 Å². The fourth-order valence-corrected chi connectivity index (χ4v) is 1.82. The molecule has 0 amide bonds. The molecule has 0 aromatic heterocycles. The Balaban J connectivity index is 1.89. The first-order valence-corrected chi connectivity index (χ1v) is 6.20. The van der Waals surface area contributed by atoms with Gasteiger partial charge in [0.2, 0.25) is 0 Å². The summed E-state index contributed by atoms with van der Waals surface area (Å²) in [5.41, 5.74) is 1.65. The van der Waals surface area contributed by atoms with Gasteiger partial charge >= 0.3 is 5.97 Å². The molecular weight excluding hydrogens is 264 g/mol. The lowest BCUT2D eigenvalue weighted by molar-refractivity contribution is -0.144. The highest BCUT2D eigenvalue weighted by Crippen LogP contribution is 2.23. The normalized spacial score (nSPS) is 10.2. The molecule has 0 saturated carbocycles. The van der Waals surface area contributed by atoms with E-state index in [4.69, 9.17) is 16.3 Å². The Bertz CT molecular complexity index is 567. The highest BCUT2D eigenvalue weighted by molar-refractivity contribution is 6.32. The van der Waals surface area contributed by atoms with Crippen LogP contribution in [0.25, 0.3) is 0 Å². The molecule has 0 aliphatic carbocycles. The van der Waals surface area contributed by atoms with E-state index in [2.05, 4.69) is 0 Å². The zero-order valence-electron chi connectivity index (χ0n) is 10.2. The molecule has 0 saturated heterocycles. The third-order valence-corrected chi connectivity index (χ3v) is 2.91. The molecule has 0 spiro atoms. The number of phenolic OH excluding ortho intramolecular Hbond substituents is 1. The van der Waals surface area contributed by atoms with Crippen molar-refractivity contribution in [3.05, 3.63) is 64.7 Å². The van der Waals surface area contributed by atoms with Crippen molar-refractivity contribution >= 4 is 17.6 Å². The molecule has 0 unspecified atom stereocenters. The number of esters is 1. The molecular formula is C15H13ClO3. The van der Waals surface area contributed by atoms with Gasteiger partial charge < -0.3 is 9.84 Å². The molecule has 2 aromatic rings. The monoisotopic (exact) mass is 276 g/mol. The third-order valence-electron chi connectivity index (χ3n) is 2.60. The van der Waals surface area contributed by atoms with E-state index >= 15 is 0 Å². The molecule has 2 rings (SSSR count). The average Bonchev–Trinajstić information content (AvgIpc) is 2.42. The molecule has 1 N–H and O–H groups in total. The second-order valence-electron chi connectivity index (χ2n) is 4.11. The molecule has 0 aliphatic heterocycles. The van der Waals surface area contributed by atoms with Gasteiger partial charge in [0.25, 0.3) is 0 Å². The van der Waals surface area contributed by atoms with Gasteiger partial charge in [0.05, 0.1) is 11.4 Å². The van der Waals surface area contributed by atoms with Crippen LogP contribution in [0.2, 0.25) is 5.02 Å². The van der Waals surface area contributed by atoms with Crippen LogP contribution >= 0.6 is 11.6 Å². The summed E-state index contributed by atoms with van der Waals surface area (Å²) in [6, 6.07) is 14.1. The summed E-state index contributed by atoms with van der Waals surface area (Å²) < 4.78 is 5.16. The zero-order chi connectivity index (χ0) is 13.7. The number of aromatic hydroxyl groups is 1. The maximum atomic E-state index is 11.7. The number of hydrogen-bond donors (Lipinski definition) is 1. The molecule has 0 bridgehead atoms. The van der Waals surface area contributed by atoms with Crippen LogP contribution in [0.1, 0.15) is 11.1 Å². The summed E-state index contributed by atoms with van der Waals surface area (Å²) in [6.07, 6.45) is 0.132. The lowest BCUT2D eigenvalue weighted by Gasteiger charge is -2.06. The molecule has 0 aliphatic rings. The van der Waals surface area contributed by atoms with Crippen molar-refractivity contribution in [2.75, 3.05) is 0 Å². The highest BCUT2D eigenvalue weighted by atomic mass is 35.5. The maximum absolute atomic E-state index is 11.7. The van der Waals surface area contributed by atoms with Crippen LogP contribution in [-0.4, -0.2) is 11.1 Å². The average molecular weight is 277 g/mol. The smallest absolute Gasteiger partial charge is 0.310 e. The van der Waals surface area contributed by atoms with Crippen molar-refractivity contribution in [1.82, 2.24) is 0 Å². The second-order valence-corrected chi connectivity index (χ2v) is 4.52. The third kappa shape index (κ3) is 4.00. The second kappa shape index (κ2) is 6.25. The molecule has 2 aromatic carbocycles. The van der Waals surface area contributed by atoms with E-state index in [9.17, 15) is 9.90 Å². The summed E-state index contributed by atoms with van der Waals surface area (Å²) in [6.45, 7) is 0.255. The minimum atomic E-state index is -0.328. The first kappa shape index (κ1) is 13.4. The SMILES string of the molecule is O=C(Cc1ccc(O)c(Cl)c1)OCc1ccccc1. The summed E-state index contributed by atoms with van der Waals surface area (Å²) in [5.74, 6) is -0.325. The molecule has 0 fully saturated rings. The fourth-order valence-electron chi connectivity index (χ4n) is 1.62. The lowest BCUT2D eigenvalue weighted by atomic mass is 10.1. The van der Waals surface area contributed by atoms with Crippen molar-refractivity contribution < 1.29 is 14.6 Å². The Morgan fingerprint density at radius 3 is 2.53 bits per heavy atom. The van der Waals surface area contributed by atoms with Gasteiger partial charge in [0.1, 0.15) is 12.4 Å². The Labute approximate surface area is 116 Å². The van der Waals surface area contributed by atoms with E-state index in [1.807, 2.05) is 30.3 Å². The molecule has 19 heavy (non-hydrogen) atoms. The van der Waals surface area contributed by atoms with Crippen LogP contribution in [0.4, 0.5) is 0 Å². The molecule has 3 nitrogen and oxygen atoms in total. The fraction of sp³-hybridized carbons (Fsp3) is 0.133. The summed E-state index contributed by atoms with van der Waals surface area (Å²) >= 11 is 5.77. The summed E-state index contributed by atoms with van der Waals surface area (Å²) in [7, 11) is 0. The van der Waals surface area contributed by atoms with Gasteiger partial charge in [-0.2, -0.15) is 0 Å². The van der Waals surface area contributed by atoms with Gasteiger partial charge in [0, 0.05) is 0 Å². The Kier molecular flexibility index (Phi) is 4.42. The van der Waals surface area contributed by atoms with Crippen molar-refractivity contribution in [1.29, 1.82) is 0 Å². The number of ether oxygens (including phenoxy) is 1. The van der Waals surface area contributed by atoms with Gasteiger partial charge in [-0.25, -0.2) is 0 Å². The standard InChI is InChI=1S/C15H13ClO3/c16-13-8-12(6-7-14(13)17)9-15(18)19-10-11-4-2-1-3-5-11/h1-8,17H,9-10H2. The van der Waals surface area contributed by atoms with E-state index in [1.54, 1.807) is 12.1 Å². The van der Waals surface area contributed by atoms with Gasteiger partial charge in [-0.05, 0) is 23.3 Å². The zero-order valence-corrected chi connectivity index (χ0v) is 10.9. The van der Waals surface area contributed by atoms with Gasteiger partial charge in [-0.15, -0.1) is 0 Å². The van der Waals surface area contributed by atoms with Crippen LogP contribution < -0.4 is 0 Å². The lowest BCUT2D eigenvalue weighted by Crippen LogP contribution is -2.07. The number of phenols is 1. The van der Waals surface area contributed by atoms with Crippen molar-refractivity contribution in [2.45, 2.75) is 13.0 Å². The van der Waals surface area contributed by atoms with Gasteiger partial charge in [-0.1, -0.05) is 48.0 Å². The van der Waals surface area contributed by atoms with Gasteiger partial charge in [-0.3, -0.25) is 4.79 Å². The first-order chi connectivity index (χ1) is 9.15. The highest BCUT2D eigenvalue weighted by Gasteiger charge is 2.07. The van der Waals surface area contributed by atoms with E-state index in [1.165, 1.54) is 6.07 Å². The molecule has 98 valence electrons. The largest absolute Gasteiger partial charge is 0.506 e. The Morgan fingerprint density at radius 2 is 1.84 bits per heavy atom. The molecule has 0 radical (unpaired) electrons. The number of hydrogen-bond acceptors (Lipinski definition) is 3. The number of rotatable bonds is 4. The van der Waals surface area contributed by atoms with E-state index in [0.717, 1.165) is 5.56 Å². The van der Waals surface area contributed by atoms with Crippen molar-refractivity contribution in [2.24, 2.45) is 0 Å². The van der Waals surface area contributed by atoms with E-state index < -0.39 is 0 Å². The molecule has 0 heterocycles. The summed E-state index contributed by atoms with van der Waals surface area (Å²) in [5, 5.41) is 9.51. The quantitative estimate of drug-likeness (QED) is 0.871. The first-order valence-electron chi connectivity index (χ1n) is 5.82. The van der Waals surface area contributed by atoms with Crippen LogP contribution in [0, 0.1) is 0 Å². The maximum Gasteiger partial charge on any atom is 0.310 e. The van der Waals surface area contributed by atoms with E-state index in [0.29, 0.717) is 5.56 Å². The number of carbonyl (C=O) groups is 1. The Morgan fingerprint density at radius 1 is 1.11 bits per heavy atom. The number of carbonyl (C=O) groups excluding carboxylic acids is 1. The molecule has 4 heteroatoms. The van der Waals surface area contributed by atoms with Crippen molar-refractivity contribution in [3.8, 4) is 5.75 Å². The van der Waals surface area contributed by atoms with Crippen LogP contribution in [-0.2, 0) is 22.6 Å². The Hall–Kier alpha value is -2.00. The van der Waals surface area contributed by atoms with Crippen LogP contribution in [0.3, 0.4) is 0 Å². The predicted molar refractivity (Wildman–Crippen MR) is 73.1 cm³/mol. The minimum absolute atomic E-state index is 0.00284. The number of benzene rings is 2. The van der Waals surface area contributed by atoms with Crippen molar-refractivity contribution in [3.63, 3.8) is 0 Å². The number of halogens is 1. The predicted octanol–water partition coefficient (Wildman–Crippen LogP) is 3.33. The topological polar surface area (TPSA) is 46.5 Å². The van der Waals surface area contributed by atoms with Crippen LogP contribution in [0.5, 0.6) is 5.75 Å². The minimum Gasteiger partial charge on any atom is -0.506 e. The van der Waals surface area contributed by atoms with Gasteiger partial charge in [0.15, 0.2) is 0 Å². The molecule has 0 atom stereocenters.